The molecule has 28 heavy (non-hydrogen) atoms. The molecule has 1 atom stereocenters. The van der Waals surface area contributed by atoms with E-state index in [1.54, 1.807) is 10.6 Å². The Morgan fingerprint density at radius 3 is 2.61 bits per heavy atom. The van der Waals surface area contributed by atoms with Crippen molar-refractivity contribution in [1.29, 1.82) is 0 Å². The van der Waals surface area contributed by atoms with E-state index in [0.29, 0.717) is 6.04 Å². The van der Waals surface area contributed by atoms with Crippen molar-refractivity contribution in [3.05, 3.63) is 76.7 Å². The van der Waals surface area contributed by atoms with Gasteiger partial charge in [-0.25, -0.2) is 9.18 Å². The number of anilines is 1. The second kappa shape index (κ2) is 6.95. The average molecular weight is 378 g/mol. The van der Waals surface area contributed by atoms with Crippen LogP contribution in [-0.4, -0.2) is 46.5 Å². The first-order chi connectivity index (χ1) is 13.7. The summed E-state index contributed by atoms with van der Waals surface area (Å²) in [5.74, 6) is -0.192. The summed E-state index contributed by atoms with van der Waals surface area (Å²) in [7, 11) is 0. The van der Waals surface area contributed by atoms with E-state index in [1.165, 1.54) is 17.7 Å². The standard InChI is InChI=1S/C22H23FN4O/c23-17-4-7-18(8-5-17)25-10-12-26(13-11-25)19-6-3-16(14-19)21-15-20-2-1-9-27(20)22(28)24-21/h1-2,4-5,7-9,14-15,19H,3,6,10-13H2,(H,24,28). The van der Waals surface area contributed by atoms with Gasteiger partial charge in [-0.2, -0.15) is 0 Å². The summed E-state index contributed by atoms with van der Waals surface area (Å²) >= 11 is 0. The highest BCUT2D eigenvalue weighted by atomic mass is 19.1. The van der Waals surface area contributed by atoms with Crippen LogP contribution in [0.5, 0.6) is 0 Å². The summed E-state index contributed by atoms with van der Waals surface area (Å²) in [5, 5.41) is 0. The van der Waals surface area contributed by atoms with E-state index in [4.69, 9.17) is 0 Å². The minimum atomic E-state index is -0.192. The molecule has 0 bridgehead atoms. The van der Waals surface area contributed by atoms with Gasteiger partial charge in [0.15, 0.2) is 0 Å². The molecule has 5 rings (SSSR count). The topological polar surface area (TPSA) is 43.8 Å². The Bertz CT molecular complexity index is 1070. The third kappa shape index (κ3) is 3.14. The van der Waals surface area contributed by atoms with Gasteiger partial charge in [-0.1, -0.05) is 6.08 Å². The first-order valence-electron chi connectivity index (χ1n) is 9.83. The number of rotatable bonds is 3. The molecule has 1 fully saturated rings. The Hall–Kier alpha value is -2.86. The number of allylic oxidation sites excluding steroid dienone is 1. The van der Waals surface area contributed by atoms with E-state index < -0.39 is 0 Å². The lowest BCUT2D eigenvalue weighted by molar-refractivity contribution is 0.214. The molecule has 0 spiro atoms. The Morgan fingerprint density at radius 2 is 1.82 bits per heavy atom. The van der Waals surface area contributed by atoms with Crippen LogP contribution >= 0.6 is 0 Å². The fraction of sp³-hybridized carbons (Fsp3) is 0.318. The van der Waals surface area contributed by atoms with E-state index in [9.17, 15) is 9.18 Å². The van der Waals surface area contributed by atoms with Crippen molar-refractivity contribution in [2.24, 2.45) is 0 Å². The van der Waals surface area contributed by atoms with Gasteiger partial charge in [0.1, 0.15) is 5.82 Å². The zero-order valence-electron chi connectivity index (χ0n) is 15.6. The average Bonchev–Trinajstić information content (AvgIpc) is 3.39. The van der Waals surface area contributed by atoms with Crippen LogP contribution in [-0.2, 0) is 0 Å². The number of aromatic amines is 1. The molecular weight excluding hydrogens is 355 g/mol. The van der Waals surface area contributed by atoms with Crippen molar-refractivity contribution in [3.63, 3.8) is 0 Å². The van der Waals surface area contributed by atoms with Crippen LogP contribution in [0.25, 0.3) is 11.1 Å². The van der Waals surface area contributed by atoms with Gasteiger partial charge in [0.25, 0.3) is 0 Å². The van der Waals surface area contributed by atoms with Gasteiger partial charge in [0.2, 0.25) is 0 Å². The molecule has 1 aromatic carbocycles. The Labute approximate surface area is 162 Å². The summed E-state index contributed by atoms with van der Waals surface area (Å²) in [4.78, 5) is 20.1. The van der Waals surface area contributed by atoms with Crippen molar-refractivity contribution in [2.45, 2.75) is 18.9 Å². The molecule has 144 valence electrons. The van der Waals surface area contributed by atoms with Crippen molar-refractivity contribution < 1.29 is 4.39 Å². The zero-order chi connectivity index (χ0) is 19.1. The molecule has 2 aliphatic rings. The highest BCUT2D eigenvalue weighted by molar-refractivity contribution is 5.68. The third-order valence-electron chi connectivity index (χ3n) is 5.96. The number of nitrogens with one attached hydrogen (secondary N) is 1. The minimum Gasteiger partial charge on any atom is -0.369 e. The zero-order valence-corrected chi connectivity index (χ0v) is 15.6. The van der Waals surface area contributed by atoms with Crippen LogP contribution in [0.15, 0.2) is 59.5 Å². The number of hydrogen-bond donors (Lipinski definition) is 1. The summed E-state index contributed by atoms with van der Waals surface area (Å²) < 4.78 is 14.8. The van der Waals surface area contributed by atoms with Crippen molar-refractivity contribution in [1.82, 2.24) is 14.3 Å². The second-order valence-corrected chi connectivity index (χ2v) is 7.59. The first kappa shape index (κ1) is 17.3. The lowest BCUT2D eigenvalue weighted by Gasteiger charge is -2.38. The minimum absolute atomic E-state index is 0.0882. The number of H-pyrrole nitrogens is 1. The van der Waals surface area contributed by atoms with Gasteiger partial charge in [0, 0.05) is 49.8 Å². The molecule has 3 aromatic rings. The fourth-order valence-electron chi connectivity index (χ4n) is 4.41. The number of halogens is 1. The van der Waals surface area contributed by atoms with Crippen LogP contribution in [0.4, 0.5) is 10.1 Å². The monoisotopic (exact) mass is 378 g/mol. The number of nitrogens with zero attached hydrogens (tertiary/aromatic N) is 3. The first-order valence-corrected chi connectivity index (χ1v) is 9.83. The summed E-state index contributed by atoms with van der Waals surface area (Å²) in [6.07, 6.45) is 6.17. The Balaban J connectivity index is 1.28. The maximum Gasteiger partial charge on any atom is 0.330 e. The van der Waals surface area contributed by atoms with Crippen LogP contribution in [0.2, 0.25) is 0 Å². The summed E-state index contributed by atoms with van der Waals surface area (Å²) in [6, 6.07) is 13.1. The number of fused-ring (bicyclic) bond motifs is 1. The molecule has 1 aliphatic carbocycles. The van der Waals surface area contributed by atoms with Crippen LogP contribution in [0.3, 0.4) is 0 Å². The Kier molecular flexibility index (Phi) is 4.28. The number of piperazine rings is 1. The third-order valence-corrected chi connectivity index (χ3v) is 5.96. The highest BCUT2D eigenvalue weighted by Crippen LogP contribution is 2.30. The largest absolute Gasteiger partial charge is 0.369 e. The number of benzene rings is 1. The maximum absolute atomic E-state index is 13.1. The number of hydrogen-bond acceptors (Lipinski definition) is 3. The van der Waals surface area contributed by atoms with Gasteiger partial charge < -0.3 is 9.88 Å². The molecule has 0 saturated carbocycles. The molecule has 1 saturated heterocycles. The predicted molar refractivity (Wildman–Crippen MR) is 109 cm³/mol. The van der Waals surface area contributed by atoms with E-state index >= 15 is 0 Å². The van der Waals surface area contributed by atoms with Crippen molar-refractivity contribution in [3.8, 4) is 0 Å². The molecule has 3 heterocycles. The quantitative estimate of drug-likeness (QED) is 0.762. The van der Waals surface area contributed by atoms with E-state index in [0.717, 1.165) is 55.9 Å². The van der Waals surface area contributed by atoms with E-state index in [-0.39, 0.29) is 11.5 Å². The molecule has 0 radical (unpaired) electrons. The smallest absolute Gasteiger partial charge is 0.330 e. The second-order valence-electron chi connectivity index (χ2n) is 7.59. The van der Waals surface area contributed by atoms with Gasteiger partial charge in [-0.05, 0) is 60.9 Å². The maximum atomic E-state index is 13.1. The van der Waals surface area contributed by atoms with E-state index in [1.807, 2.05) is 24.3 Å². The van der Waals surface area contributed by atoms with Gasteiger partial charge in [-0.3, -0.25) is 9.30 Å². The fourth-order valence-corrected chi connectivity index (χ4v) is 4.41. The molecule has 6 heteroatoms. The van der Waals surface area contributed by atoms with Crippen LogP contribution in [0.1, 0.15) is 18.5 Å². The molecular formula is C22H23FN4O. The van der Waals surface area contributed by atoms with Gasteiger partial charge in [0.05, 0.1) is 5.52 Å². The lowest BCUT2D eigenvalue weighted by atomic mass is 10.1. The number of aromatic nitrogens is 2. The molecule has 2 aromatic heterocycles. The summed E-state index contributed by atoms with van der Waals surface area (Å²) in [5.41, 5.74) is 4.09. The van der Waals surface area contributed by atoms with Crippen LogP contribution in [0, 0.1) is 5.82 Å². The molecule has 1 aliphatic heterocycles. The van der Waals surface area contributed by atoms with Gasteiger partial charge in [-0.15, -0.1) is 0 Å². The van der Waals surface area contributed by atoms with Crippen LogP contribution < -0.4 is 10.6 Å². The molecule has 1 unspecified atom stereocenters. The predicted octanol–water partition coefficient (Wildman–Crippen LogP) is 3.13. The molecule has 0 amide bonds. The normalized spacial score (nSPS) is 20.7. The molecule has 1 N–H and O–H groups in total. The van der Waals surface area contributed by atoms with Crippen molar-refractivity contribution >= 4 is 16.8 Å². The van der Waals surface area contributed by atoms with E-state index in [2.05, 4.69) is 26.9 Å². The summed E-state index contributed by atoms with van der Waals surface area (Å²) in [6.45, 7) is 3.86. The Morgan fingerprint density at radius 1 is 1.04 bits per heavy atom. The molecule has 5 nitrogen and oxygen atoms in total. The SMILES string of the molecule is O=c1[nH]c(C2=CC(N3CCN(c4ccc(F)cc4)CC3)CC2)cc2cccn12. The van der Waals surface area contributed by atoms with Gasteiger partial charge >= 0.3 is 5.69 Å². The lowest BCUT2D eigenvalue weighted by Crippen LogP contribution is -2.49. The van der Waals surface area contributed by atoms with Crippen molar-refractivity contribution in [2.75, 3.05) is 31.1 Å². The highest BCUT2D eigenvalue weighted by Gasteiger charge is 2.27.